The van der Waals surface area contributed by atoms with E-state index in [0.29, 0.717) is 18.8 Å². The van der Waals surface area contributed by atoms with Crippen LogP contribution in [0.2, 0.25) is 0 Å². The minimum atomic E-state index is -0.158. The van der Waals surface area contributed by atoms with Gasteiger partial charge in [-0.05, 0) is 86.3 Å². The number of amides is 1. The Labute approximate surface area is 178 Å². The van der Waals surface area contributed by atoms with Crippen LogP contribution in [0.5, 0.6) is 11.5 Å². The second-order valence-corrected chi connectivity index (χ2v) is 7.29. The molecule has 0 saturated carbocycles. The zero-order valence-electron chi connectivity index (χ0n) is 18.1. The van der Waals surface area contributed by atoms with E-state index in [1.165, 1.54) is 16.7 Å². The van der Waals surface area contributed by atoms with Gasteiger partial charge in [0.25, 0.3) is 5.91 Å². The lowest BCUT2D eigenvalue weighted by Crippen LogP contribution is -2.13. The van der Waals surface area contributed by atoms with Crippen LogP contribution in [0.1, 0.15) is 46.5 Å². The van der Waals surface area contributed by atoms with Crippen molar-refractivity contribution in [2.45, 2.75) is 40.7 Å². The third-order valence-electron chi connectivity index (χ3n) is 5.12. The summed E-state index contributed by atoms with van der Waals surface area (Å²) in [6.45, 7) is 9.05. The highest BCUT2D eigenvalue weighted by molar-refractivity contribution is 6.04. The van der Waals surface area contributed by atoms with Crippen LogP contribution < -0.4 is 14.8 Å². The quantitative estimate of drug-likeness (QED) is 0.495. The summed E-state index contributed by atoms with van der Waals surface area (Å²) in [5.74, 6) is 1.37. The van der Waals surface area contributed by atoms with E-state index >= 15 is 0 Å². The highest BCUT2D eigenvalue weighted by atomic mass is 16.5. The normalized spacial score (nSPS) is 10.5. The molecule has 3 aromatic carbocycles. The Morgan fingerprint density at radius 2 is 1.63 bits per heavy atom. The fraction of sp³-hybridized carbons (Fsp3) is 0.269. The van der Waals surface area contributed by atoms with Crippen LogP contribution >= 0.6 is 0 Å². The molecular formula is C26H29NO3. The maximum Gasteiger partial charge on any atom is 0.255 e. The van der Waals surface area contributed by atoms with E-state index in [-0.39, 0.29) is 5.91 Å². The number of ether oxygens (including phenoxy) is 2. The number of carbonyl (C=O) groups is 1. The van der Waals surface area contributed by atoms with Gasteiger partial charge in [-0.15, -0.1) is 0 Å². The molecule has 30 heavy (non-hydrogen) atoms. The number of hydrogen-bond acceptors (Lipinski definition) is 3. The van der Waals surface area contributed by atoms with Crippen molar-refractivity contribution in [2.24, 2.45) is 0 Å². The molecule has 0 spiro atoms. The number of nitrogens with one attached hydrogen (secondary N) is 1. The van der Waals surface area contributed by atoms with Crippen LogP contribution in [0.4, 0.5) is 5.69 Å². The fourth-order valence-corrected chi connectivity index (χ4v) is 3.12. The van der Waals surface area contributed by atoms with E-state index in [4.69, 9.17) is 9.47 Å². The maximum atomic E-state index is 12.8. The van der Waals surface area contributed by atoms with Crippen molar-refractivity contribution in [1.82, 2.24) is 0 Å². The van der Waals surface area contributed by atoms with E-state index in [9.17, 15) is 4.79 Å². The highest BCUT2D eigenvalue weighted by Crippen LogP contribution is 2.24. The van der Waals surface area contributed by atoms with Crippen LogP contribution in [0.3, 0.4) is 0 Å². The minimum Gasteiger partial charge on any atom is -0.493 e. The number of aryl methyl sites for hydroxylation is 3. The van der Waals surface area contributed by atoms with Crippen molar-refractivity contribution in [2.75, 3.05) is 11.9 Å². The maximum absolute atomic E-state index is 12.8. The Balaban J connectivity index is 1.76. The van der Waals surface area contributed by atoms with Crippen molar-refractivity contribution in [1.29, 1.82) is 0 Å². The molecule has 0 bridgehead atoms. The van der Waals surface area contributed by atoms with Gasteiger partial charge < -0.3 is 14.8 Å². The number of carbonyl (C=O) groups excluding carboxylic acids is 1. The van der Waals surface area contributed by atoms with Gasteiger partial charge in [0.15, 0.2) is 0 Å². The molecule has 0 aliphatic heterocycles. The van der Waals surface area contributed by atoms with Gasteiger partial charge in [0.1, 0.15) is 18.1 Å². The van der Waals surface area contributed by atoms with Crippen molar-refractivity contribution in [3.05, 3.63) is 88.5 Å². The van der Waals surface area contributed by atoms with Crippen molar-refractivity contribution in [3.8, 4) is 11.5 Å². The van der Waals surface area contributed by atoms with E-state index in [0.717, 1.165) is 29.2 Å². The molecule has 0 atom stereocenters. The summed E-state index contributed by atoms with van der Waals surface area (Å²) in [6, 6.07) is 19.4. The van der Waals surface area contributed by atoms with Crippen LogP contribution in [-0.4, -0.2) is 12.5 Å². The van der Waals surface area contributed by atoms with Crippen LogP contribution in [-0.2, 0) is 13.0 Å². The molecule has 156 valence electrons. The molecule has 3 rings (SSSR count). The summed E-state index contributed by atoms with van der Waals surface area (Å²) in [5, 5.41) is 2.96. The molecule has 0 heterocycles. The summed E-state index contributed by atoms with van der Waals surface area (Å²) in [4.78, 5) is 12.8. The number of anilines is 1. The second-order valence-electron chi connectivity index (χ2n) is 7.29. The molecule has 0 unspecified atom stereocenters. The van der Waals surface area contributed by atoms with E-state index in [2.05, 4.69) is 26.1 Å². The summed E-state index contributed by atoms with van der Waals surface area (Å²) in [7, 11) is 0. The van der Waals surface area contributed by atoms with Crippen LogP contribution in [0.25, 0.3) is 0 Å². The zero-order valence-corrected chi connectivity index (χ0v) is 18.1. The van der Waals surface area contributed by atoms with Crippen molar-refractivity contribution >= 4 is 11.6 Å². The second kappa shape index (κ2) is 9.97. The molecule has 0 aliphatic carbocycles. The first-order chi connectivity index (χ1) is 14.5. The lowest BCUT2D eigenvalue weighted by atomic mass is 10.1. The smallest absolute Gasteiger partial charge is 0.255 e. The molecule has 3 aromatic rings. The Kier molecular flexibility index (Phi) is 7.12. The molecular weight excluding hydrogens is 374 g/mol. The summed E-state index contributed by atoms with van der Waals surface area (Å²) in [5.41, 5.74) is 5.82. The lowest BCUT2D eigenvalue weighted by Gasteiger charge is -2.14. The monoisotopic (exact) mass is 403 g/mol. The Morgan fingerprint density at radius 1 is 0.867 bits per heavy atom. The summed E-state index contributed by atoms with van der Waals surface area (Å²) >= 11 is 0. The molecule has 1 N–H and O–H groups in total. The fourth-order valence-electron chi connectivity index (χ4n) is 3.12. The van der Waals surface area contributed by atoms with Crippen molar-refractivity contribution in [3.63, 3.8) is 0 Å². The molecule has 4 nitrogen and oxygen atoms in total. The minimum absolute atomic E-state index is 0.158. The van der Waals surface area contributed by atoms with Crippen LogP contribution in [0.15, 0.2) is 60.7 Å². The van der Waals surface area contributed by atoms with Gasteiger partial charge in [0, 0.05) is 16.8 Å². The average Bonchev–Trinajstić information content (AvgIpc) is 2.76. The molecule has 0 aromatic heterocycles. The Hall–Kier alpha value is -3.27. The molecule has 1 amide bonds. The van der Waals surface area contributed by atoms with Gasteiger partial charge in [-0.2, -0.15) is 0 Å². The molecule has 0 saturated heterocycles. The molecule has 0 aliphatic rings. The third-order valence-corrected chi connectivity index (χ3v) is 5.12. The predicted molar refractivity (Wildman–Crippen MR) is 122 cm³/mol. The first-order valence-electron chi connectivity index (χ1n) is 10.4. The lowest BCUT2D eigenvalue weighted by molar-refractivity contribution is 0.102. The Bertz CT molecular complexity index is 1010. The van der Waals surface area contributed by atoms with Crippen LogP contribution in [0, 0.1) is 13.8 Å². The number of hydrogen-bond donors (Lipinski definition) is 1. The average molecular weight is 404 g/mol. The van der Waals surface area contributed by atoms with Gasteiger partial charge >= 0.3 is 0 Å². The third kappa shape index (κ3) is 5.41. The number of rotatable bonds is 8. The van der Waals surface area contributed by atoms with Gasteiger partial charge in [-0.1, -0.05) is 25.1 Å². The first kappa shape index (κ1) is 21.4. The van der Waals surface area contributed by atoms with Gasteiger partial charge in [0.05, 0.1) is 6.61 Å². The van der Waals surface area contributed by atoms with Gasteiger partial charge in [-0.3, -0.25) is 4.79 Å². The predicted octanol–water partition coefficient (Wildman–Crippen LogP) is 6.10. The number of benzene rings is 3. The van der Waals surface area contributed by atoms with E-state index in [1.807, 2.05) is 61.5 Å². The van der Waals surface area contributed by atoms with E-state index in [1.54, 1.807) is 6.07 Å². The first-order valence-corrected chi connectivity index (χ1v) is 10.4. The van der Waals surface area contributed by atoms with E-state index < -0.39 is 0 Å². The summed E-state index contributed by atoms with van der Waals surface area (Å²) in [6.07, 6.45) is 0.969. The zero-order chi connectivity index (χ0) is 21.5. The van der Waals surface area contributed by atoms with Gasteiger partial charge in [-0.25, -0.2) is 0 Å². The topological polar surface area (TPSA) is 47.6 Å². The molecule has 0 fully saturated rings. The van der Waals surface area contributed by atoms with Crippen molar-refractivity contribution < 1.29 is 14.3 Å². The SMILES string of the molecule is CCOc1ccc(C(=O)Nc2ccc(CC)cc2)cc1COc1ccc(C)c(C)c1. The summed E-state index contributed by atoms with van der Waals surface area (Å²) < 4.78 is 11.7. The Morgan fingerprint density at radius 3 is 2.30 bits per heavy atom. The van der Waals surface area contributed by atoms with Gasteiger partial charge in [0.2, 0.25) is 0 Å². The highest BCUT2D eigenvalue weighted by Gasteiger charge is 2.12. The standard InChI is InChI=1S/C26H29NO3/c1-5-20-8-11-23(12-9-20)27-26(28)21-10-14-25(29-6-2)22(16-21)17-30-24-13-7-18(3)19(4)15-24/h7-16H,5-6,17H2,1-4H3,(H,27,28). The molecule has 4 heteroatoms. The molecule has 0 radical (unpaired) electrons. The largest absolute Gasteiger partial charge is 0.493 e.